The zero-order chi connectivity index (χ0) is 11.4. The topological polar surface area (TPSA) is 32.3 Å². The molecule has 2 nitrogen and oxygen atoms in total. The van der Waals surface area contributed by atoms with Crippen LogP contribution in [0, 0.1) is 12.8 Å². The first-order valence-electron chi connectivity index (χ1n) is 5.52. The SMILES string of the molecule is Cc1ccc(O)c(CN[C@@H](C)C(C)C)c1. The van der Waals surface area contributed by atoms with Gasteiger partial charge in [0.15, 0.2) is 0 Å². The Hall–Kier alpha value is -1.02. The molecule has 0 saturated carbocycles. The van der Waals surface area contributed by atoms with Crippen LogP contribution in [0.15, 0.2) is 18.2 Å². The number of nitrogens with one attached hydrogen (secondary N) is 1. The van der Waals surface area contributed by atoms with Gasteiger partial charge in [0.2, 0.25) is 0 Å². The number of phenolic OH excluding ortho intramolecular Hbond substituents is 1. The molecule has 0 aliphatic rings. The van der Waals surface area contributed by atoms with E-state index in [9.17, 15) is 5.11 Å². The van der Waals surface area contributed by atoms with Crippen LogP contribution in [0.1, 0.15) is 31.9 Å². The van der Waals surface area contributed by atoms with Gasteiger partial charge in [0.05, 0.1) is 0 Å². The Labute approximate surface area is 92.3 Å². The molecule has 0 bridgehead atoms. The van der Waals surface area contributed by atoms with Crippen LogP contribution in [0.2, 0.25) is 0 Å². The lowest BCUT2D eigenvalue weighted by Crippen LogP contribution is -2.30. The molecule has 0 heterocycles. The summed E-state index contributed by atoms with van der Waals surface area (Å²) in [5, 5.41) is 13.1. The molecule has 2 N–H and O–H groups in total. The molecule has 2 heteroatoms. The van der Waals surface area contributed by atoms with Crippen molar-refractivity contribution in [3.8, 4) is 5.75 Å². The van der Waals surface area contributed by atoms with E-state index in [1.165, 1.54) is 5.56 Å². The molecule has 0 radical (unpaired) electrons. The quantitative estimate of drug-likeness (QED) is 0.795. The van der Waals surface area contributed by atoms with Crippen molar-refractivity contribution in [2.75, 3.05) is 0 Å². The van der Waals surface area contributed by atoms with Crippen molar-refractivity contribution in [3.63, 3.8) is 0 Å². The smallest absolute Gasteiger partial charge is 0.120 e. The van der Waals surface area contributed by atoms with E-state index in [0.717, 1.165) is 12.1 Å². The highest BCUT2D eigenvalue weighted by molar-refractivity contribution is 5.35. The van der Waals surface area contributed by atoms with Crippen molar-refractivity contribution in [3.05, 3.63) is 29.3 Å². The summed E-state index contributed by atoms with van der Waals surface area (Å²) in [5.41, 5.74) is 2.16. The van der Waals surface area contributed by atoms with Crippen LogP contribution in [0.5, 0.6) is 5.75 Å². The van der Waals surface area contributed by atoms with Crippen molar-refractivity contribution in [1.29, 1.82) is 0 Å². The molecule has 15 heavy (non-hydrogen) atoms. The maximum absolute atomic E-state index is 9.65. The summed E-state index contributed by atoms with van der Waals surface area (Å²) in [6.07, 6.45) is 0. The average Bonchev–Trinajstić information content (AvgIpc) is 2.18. The number of aromatic hydroxyl groups is 1. The second-order valence-corrected chi connectivity index (χ2v) is 4.55. The fourth-order valence-corrected chi connectivity index (χ4v) is 1.36. The van der Waals surface area contributed by atoms with Crippen LogP contribution in [0.3, 0.4) is 0 Å². The summed E-state index contributed by atoms with van der Waals surface area (Å²) in [6.45, 7) is 9.31. The normalized spacial score (nSPS) is 13.1. The van der Waals surface area contributed by atoms with Crippen LogP contribution in [0.25, 0.3) is 0 Å². The minimum Gasteiger partial charge on any atom is -0.508 e. The number of aryl methyl sites for hydroxylation is 1. The lowest BCUT2D eigenvalue weighted by Gasteiger charge is -2.18. The largest absolute Gasteiger partial charge is 0.508 e. The molecule has 84 valence electrons. The molecule has 1 aromatic rings. The van der Waals surface area contributed by atoms with Gasteiger partial charge in [-0.3, -0.25) is 0 Å². The minimum atomic E-state index is 0.379. The van der Waals surface area contributed by atoms with Crippen LogP contribution in [-0.4, -0.2) is 11.1 Å². The first-order valence-corrected chi connectivity index (χ1v) is 5.52. The van der Waals surface area contributed by atoms with Gasteiger partial charge in [-0.2, -0.15) is 0 Å². The number of phenols is 1. The Kier molecular flexibility index (Phi) is 4.15. The molecule has 1 atom stereocenters. The van der Waals surface area contributed by atoms with E-state index in [1.807, 2.05) is 19.1 Å². The molecule has 0 fully saturated rings. The third-order valence-corrected chi connectivity index (χ3v) is 2.85. The molecule has 0 aliphatic heterocycles. The zero-order valence-electron chi connectivity index (χ0n) is 10.0. The van der Waals surface area contributed by atoms with Gasteiger partial charge in [-0.25, -0.2) is 0 Å². The van der Waals surface area contributed by atoms with Gasteiger partial charge < -0.3 is 10.4 Å². The van der Waals surface area contributed by atoms with Crippen molar-refractivity contribution < 1.29 is 5.11 Å². The van der Waals surface area contributed by atoms with Gasteiger partial charge in [0.25, 0.3) is 0 Å². The first kappa shape index (κ1) is 12.1. The first-order chi connectivity index (χ1) is 7.00. The third kappa shape index (κ3) is 3.56. The number of hydrogen-bond donors (Lipinski definition) is 2. The molecule has 0 aliphatic carbocycles. The Morgan fingerprint density at radius 3 is 2.53 bits per heavy atom. The molecular formula is C13H21NO. The summed E-state index contributed by atoms with van der Waals surface area (Å²) < 4.78 is 0. The Balaban J connectivity index is 2.61. The van der Waals surface area contributed by atoms with Gasteiger partial charge in [-0.05, 0) is 25.8 Å². The standard InChI is InChI=1S/C13H21NO/c1-9(2)11(4)14-8-12-7-10(3)5-6-13(12)15/h5-7,9,11,14-15H,8H2,1-4H3/t11-/m0/s1. The Bertz CT molecular complexity index is 320. The summed E-state index contributed by atoms with van der Waals surface area (Å²) in [4.78, 5) is 0. The highest BCUT2D eigenvalue weighted by Gasteiger charge is 2.07. The monoisotopic (exact) mass is 207 g/mol. The van der Waals surface area contributed by atoms with Crippen molar-refractivity contribution >= 4 is 0 Å². The number of hydrogen-bond acceptors (Lipinski definition) is 2. The number of rotatable bonds is 4. The number of benzene rings is 1. The van der Waals surface area contributed by atoms with Gasteiger partial charge in [0.1, 0.15) is 5.75 Å². The molecule has 0 aromatic heterocycles. The summed E-state index contributed by atoms with van der Waals surface area (Å²) in [7, 11) is 0. The lowest BCUT2D eigenvalue weighted by molar-refractivity contribution is 0.415. The van der Waals surface area contributed by atoms with E-state index in [1.54, 1.807) is 6.07 Å². The van der Waals surface area contributed by atoms with E-state index >= 15 is 0 Å². The average molecular weight is 207 g/mol. The molecule has 0 amide bonds. The molecule has 0 spiro atoms. The summed E-state index contributed by atoms with van der Waals surface area (Å²) in [5.74, 6) is 0.987. The minimum absolute atomic E-state index is 0.379. The fourth-order valence-electron chi connectivity index (χ4n) is 1.36. The Morgan fingerprint density at radius 1 is 1.27 bits per heavy atom. The highest BCUT2D eigenvalue weighted by Crippen LogP contribution is 2.18. The maximum Gasteiger partial charge on any atom is 0.120 e. The van der Waals surface area contributed by atoms with E-state index in [4.69, 9.17) is 0 Å². The second-order valence-electron chi connectivity index (χ2n) is 4.55. The van der Waals surface area contributed by atoms with Gasteiger partial charge >= 0.3 is 0 Å². The molecule has 0 saturated heterocycles. The predicted molar refractivity (Wildman–Crippen MR) is 64.0 cm³/mol. The molecule has 0 unspecified atom stereocenters. The van der Waals surface area contributed by atoms with Crippen molar-refractivity contribution in [2.24, 2.45) is 5.92 Å². The zero-order valence-corrected chi connectivity index (χ0v) is 10.0. The summed E-state index contributed by atoms with van der Waals surface area (Å²) in [6, 6.07) is 6.16. The summed E-state index contributed by atoms with van der Waals surface area (Å²) >= 11 is 0. The van der Waals surface area contributed by atoms with Crippen LogP contribution in [0.4, 0.5) is 0 Å². The van der Waals surface area contributed by atoms with Gasteiger partial charge in [-0.1, -0.05) is 31.5 Å². The molecule has 1 rings (SSSR count). The molecular weight excluding hydrogens is 186 g/mol. The Morgan fingerprint density at radius 2 is 1.93 bits per heavy atom. The van der Waals surface area contributed by atoms with Crippen LogP contribution >= 0.6 is 0 Å². The van der Waals surface area contributed by atoms with E-state index in [0.29, 0.717) is 17.7 Å². The van der Waals surface area contributed by atoms with Crippen LogP contribution < -0.4 is 5.32 Å². The fraction of sp³-hybridized carbons (Fsp3) is 0.538. The van der Waals surface area contributed by atoms with E-state index < -0.39 is 0 Å². The highest BCUT2D eigenvalue weighted by atomic mass is 16.3. The third-order valence-electron chi connectivity index (χ3n) is 2.85. The second kappa shape index (κ2) is 5.17. The van der Waals surface area contributed by atoms with Crippen molar-refractivity contribution in [2.45, 2.75) is 40.3 Å². The van der Waals surface area contributed by atoms with E-state index in [-0.39, 0.29) is 0 Å². The predicted octanol–water partition coefficient (Wildman–Crippen LogP) is 2.83. The van der Waals surface area contributed by atoms with Gasteiger partial charge in [-0.15, -0.1) is 0 Å². The molecule has 1 aromatic carbocycles. The van der Waals surface area contributed by atoms with Crippen LogP contribution in [-0.2, 0) is 6.54 Å². The lowest BCUT2D eigenvalue weighted by atomic mass is 10.1. The van der Waals surface area contributed by atoms with E-state index in [2.05, 4.69) is 26.1 Å². The van der Waals surface area contributed by atoms with Gasteiger partial charge in [0, 0.05) is 18.2 Å². The maximum atomic E-state index is 9.65. The van der Waals surface area contributed by atoms with Crippen molar-refractivity contribution in [1.82, 2.24) is 5.32 Å².